The number of ether oxygens (including phenoxy) is 2. The Balaban J connectivity index is 2.24. The van der Waals surface area contributed by atoms with Crippen LogP contribution in [0.2, 0.25) is 0 Å². The third kappa shape index (κ3) is 9.67. The topological polar surface area (TPSA) is 35.5 Å². The summed E-state index contributed by atoms with van der Waals surface area (Å²) >= 11 is 0. The molecule has 2 unspecified atom stereocenters. The van der Waals surface area contributed by atoms with E-state index in [-0.39, 0.29) is 11.5 Å². The molecule has 1 saturated carbocycles. The second kappa shape index (κ2) is 11.8. The first-order valence-corrected chi connectivity index (χ1v) is 11.2. The lowest BCUT2D eigenvalue weighted by Crippen LogP contribution is -2.37. The van der Waals surface area contributed by atoms with Crippen LogP contribution in [0.25, 0.3) is 0 Å². The van der Waals surface area contributed by atoms with E-state index in [2.05, 4.69) is 27.4 Å². The molecule has 0 aliphatic heterocycles. The number of carbonyl (C=O) groups excluding carboxylic acids is 1. The predicted octanol–water partition coefficient (Wildman–Crippen LogP) is 7.83. The van der Waals surface area contributed by atoms with Crippen LogP contribution < -0.4 is 0 Å². The second-order valence-electron chi connectivity index (χ2n) is 9.71. The molecular weight excluding hydrogens is 336 g/mol. The molecule has 1 aliphatic carbocycles. The van der Waals surface area contributed by atoms with Gasteiger partial charge in [0.15, 0.2) is 0 Å². The summed E-state index contributed by atoms with van der Waals surface area (Å²) in [6, 6.07) is 0. The molecule has 27 heavy (non-hydrogen) atoms. The van der Waals surface area contributed by atoms with Gasteiger partial charge in [0.2, 0.25) is 0 Å². The highest BCUT2D eigenvalue weighted by Gasteiger charge is 2.37. The van der Waals surface area contributed by atoms with Gasteiger partial charge in [-0.25, -0.2) is 4.79 Å². The van der Waals surface area contributed by atoms with Crippen LogP contribution in [0.3, 0.4) is 0 Å². The van der Waals surface area contributed by atoms with Crippen LogP contribution in [0.15, 0.2) is 12.7 Å². The number of rotatable bonds is 12. The van der Waals surface area contributed by atoms with Crippen molar-refractivity contribution in [1.82, 2.24) is 0 Å². The number of hydrogen-bond donors (Lipinski definition) is 0. The first kappa shape index (κ1) is 24.0. The van der Waals surface area contributed by atoms with Gasteiger partial charge < -0.3 is 9.47 Å². The maximum Gasteiger partial charge on any atom is 0.509 e. The van der Waals surface area contributed by atoms with Gasteiger partial charge in [0.25, 0.3) is 0 Å². The predicted molar refractivity (Wildman–Crippen MR) is 114 cm³/mol. The lowest BCUT2D eigenvalue weighted by Gasteiger charge is -2.41. The van der Waals surface area contributed by atoms with Crippen molar-refractivity contribution in [2.75, 3.05) is 0 Å². The fourth-order valence-electron chi connectivity index (χ4n) is 4.07. The van der Waals surface area contributed by atoms with Gasteiger partial charge in [0.1, 0.15) is 11.7 Å². The lowest BCUT2D eigenvalue weighted by atomic mass is 9.67. The Morgan fingerprint density at radius 3 is 2.44 bits per heavy atom. The highest BCUT2D eigenvalue weighted by Crippen LogP contribution is 2.43. The summed E-state index contributed by atoms with van der Waals surface area (Å²) in [5.74, 6) is 0.605. The summed E-state index contributed by atoms with van der Waals surface area (Å²) in [4.78, 5) is 12.3. The quantitative estimate of drug-likeness (QED) is 0.196. The Morgan fingerprint density at radius 2 is 1.81 bits per heavy atom. The molecule has 3 nitrogen and oxygen atoms in total. The second-order valence-corrected chi connectivity index (χ2v) is 9.71. The van der Waals surface area contributed by atoms with Crippen molar-refractivity contribution in [3.63, 3.8) is 0 Å². The molecule has 0 aromatic heterocycles. The SMILES string of the molecule is C=CCCCCCCCCC(C)(C)OC(=O)OC1CCCC(C)(C(C)C)C1. The number of unbranched alkanes of at least 4 members (excludes halogenated alkanes) is 6. The molecular formula is C24H44O3. The summed E-state index contributed by atoms with van der Waals surface area (Å²) in [6.07, 6.45) is 15.2. The summed E-state index contributed by atoms with van der Waals surface area (Å²) in [5, 5.41) is 0. The molecule has 3 heteroatoms. The highest BCUT2D eigenvalue weighted by molar-refractivity contribution is 5.60. The van der Waals surface area contributed by atoms with Crippen LogP contribution >= 0.6 is 0 Å². The average Bonchev–Trinajstić information content (AvgIpc) is 2.56. The summed E-state index contributed by atoms with van der Waals surface area (Å²) in [7, 11) is 0. The Kier molecular flexibility index (Phi) is 10.5. The lowest BCUT2D eigenvalue weighted by molar-refractivity contribution is -0.0599. The van der Waals surface area contributed by atoms with Crippen molar-refractivity contribution in [2.24, 2.45) is 11.3 Å². The molecule has 0 amide bonds. The van der Waals surface area contributed by atoms with E-state index in [9.17, 15) is 4.79 Å². The van der Waals surface area contributed by atoms with Crippen molar-refractivity contribution >= 4 is 6.16 Å². The standard InChI is InChI=1S/C24H44O3/c1-7-8-9-10-11-12-13-14-17-23(4,5)27-22(25)26-21-16-15-18-24(6,19-21)20(2)3/h7,20-21H,1,8-19H2,2-6H3. The molecule has 0 heterocycles. The third-order valence-corrected chi connectivity index (χ3v) is 6.42. The largest absolute Gasteiger partial charge is 0.509 e. The minimum atomic E-state index is -0.484. The van der Waals surface area contributed by atoms with Gasteiger partial charge in [0, 0.05) is 0 Å². The average molecular weight is 381 g/mol. The summed E-state index contributed by atoms with van der Waals surface area (Å²) in [5.41, 5.74) is -0.180. The molecule has 0 aromatic carbocycles. The Hall–Kier alpha value is -0.990. The number of hydrogen-bond acceptors (Lipinski definition) is 3. The van der Waals surface area contributed by atoms with Gasteiger partial charge in [0.05, 0.1) is 0 Å². The van der Waals surface area contributed by atoms with Crippen LogP contribution in [-0.4, -0.2) is 17.9 Å². The Bertz CT molecular complexity index is 441. The van der Waals surface area contributed by atoms with E-state index in [1.54, 1.807) is 0 Å². The normalized spacial score (nSPS) is 23.3. The van der Waals surface area contributed by atoms with Crippen LogP contribution in [-0.2, 0) is 9.47 Å². The Labute approximate surface area is 168 Å². The molecule has 0 N–H and O–H groups in total. The monoisotopic (exact) mass is 380 g/mol. The first-order chi connectivity index (χ1) is 12.7. The minimum absolute atomic E-state index is 0.00464. The van der Waals surface area contributed by atoms with E-state index in [1.165, 1.54) is 38.5 Å². The van der Waals surface area contributed by atoms with Gasteiger partial charge in [-0.15, -0.1) is 6.58 Å². The molecule has 2 atom stereocenters. The molecule has 1 fully saturated rings. The zero-order chi connectivity index (χ0) is 20.3. The number of carbonyl (C=O) groups is 1. The smallest absolute Gasteiger partial charge is 0.431 e. The fraction of sp³-hybridized carbons (Fsp3) is 0.875. The Morgan fingerprint density at radius 1 is 1.19 bits per heavy atom. The van der Waals surface area contributed by atoms with Gasteiger partial charge in [-0.3, -0.25) is 0 Å². The molecule has 0 aromatic rings. The van der Waals surface area contributed by atoms with Crippen molar-refractivity contribution in [2.45, 2.75) is 123 Å². The van der Waals surface area contributed by atoms with E-state index in [0.29, 0.717) is 5.92 Å². The van der Waals surface area contributed by atoms with Gasteiger partial charge >= 0.3 is 6.16 Å². The number of allylic oxidation sites excluding steroid dienone is 1. The van der Waals surface area contributed by atoms with Crippen LogP contribution in [0, 0.1) is 11.3 Å². The van der Waals surface area contributed by atoms with Gasteiger partial charge in [-0.05, 0) is 76.5 Å². The van der Waals surface area contributed by atoms with Crippen LogP contribution in [0.4, 0.5) is 4.79 Å². The van der Waals surface area contributed by atoms with Crippen LogP contribution in [0.1, 0.15) is 112 Å². The van der Waals surface area contributed by atoms with Gasteiger partial charge in [-0.2, -0.15) is 0 Å². The zero-order valence-electron chi connectivity index (χ0n) is 18.6. The molecule has 1 rings (SSSR count). The van der Waals surface area contributed by atoms with E-state index in [1.807, 2.05) is 19.9 Å². The van der Waals surface area contributed by atoms with E-state index in [4.69, 9.17) is 9.47 Å². The van der Waals surface area contributed by atoms with Crippen molar-refractivity contribution < 1.29 is 14.3 Å². The highest BCUT2D eigenvalue weighted by atomic mass is 16.7. The minimum Gasteiger partial charge on any atom is -0.431 e. The van der Waals surface area contributed by atoms with E-state index >= 15 is 0 Å². The van der Waals surface area contributed by atoms with Gasteiger partial charge in [-0.1, -0.05) is 52.5 Å². The van der Waals surface area contributed by atoms with Crippen molar-refractivity contribution in [3.8, 4) is 0 Å². The molecule has 0 saturated heterocycles. The third-order valence-electron chi connectivity index (χ3n) is 6.42. The summed E-state index contributed by atoms with van der Waals surface area (Å²) in [6.45, 7) is 14.6. The van der Waals surface area contributed by atoms with E-state index in [0.717, 1.165) is 38.5 Å². The fourth-order valence-corrected chi connectivity index (χ4v) is 4.07. The molecule has 158 valence electrons. The summed E-state index contributed by atoms with van der Waals surface area (Å²) < 4.78 is 11.3. The maximum atomic E-state index is 12.3. The molecule has 0 bridgehead atoms. The first-order valence-electron chi connectivity index (χ1n) is 11.2. The zero-order valence-corrected chi connectivity index (χ0v) is 18.6. The molecule has 1 aliphatic rings. The van der Waals surface area contributed by atoms with Crippen molar-refractivity contribution in [1.29, 1.82) is 0 Å². The maximum absolute atomic E-state index is 12.3. The van der Waals surface area contributed by atoms with Crippen molar-refractivity contribution in [3.05, 3.63) is 12.7 Å². The molecule has 0 spiro atoms. The van der Waals surface area contributed by atoms with Crippen LogP contribution in [0.5, 0.6) is 0 Å². The molecule has 0 radical (unpaired) electrons. The van der Waals surface area contributed by atoms with E-state index < -0.39 is 11.8 Å².